The van der Waals surface area contributed by atoms with Gasteiger partial charge < -0.3 is 21.1 Å². The molecule has 1 aromatic heterocycles. The van der Waals surface area contributed by atoms with Gasteiger partial charge in [-0.3, -0.25) is 4.79 Å². The minimum absolute atomic E-state index is 0.106. The van der Waals surface area contributed by atoms with E-state index in [4.69, 9.17) is 22.7 Å². The molecule has 0 bridgehead atoms. The highest BCUT2D eigenvalue weighted by molar-refractivity contribution is 7.80. The quantitative estimate of drug-likeness (QED) is 0.502. The third-order valence-electron chi connectivity index (χ3n) is 2.64. The van der Waals surface area contributed by atoms with E-state index < -0.39 is 0 Å². The summed E-state index contributed by atoms with van der Waals surface area (Å²) in [5.74, 6) is 0.397. The van der Waals surface area contributed by atoms with E-state index in [0.29, 0.717) is 24.5 Å². The summed E-state index contributed by atoms with van der Waals surface area (Å²) < 4.78 is 4.86. The lowest BCUT2D eigenvalue weighted by molar-refractivity contribution is -0.119. The van der Waals surface area contributed by atoms with Crippen molar-refractivity contribution in [2.24, 2.45) is 5.73 Å². The SMILES string of the molecule is COCCNC(=O)CNc1nc(C)cc(C)c1C(N)=S. The van der Waals surface area contributed by atoms with Gasteiger partial charge in [0.25, 0.3) is 0 Å². The maximum absolute atomic E-state index is 11.6. The summed E-state index contributed by atoms with van der Waals surface area (Å²) in [6.45, 7) is 4.84. The average Bonchev–Trinajstić information content (AvgIpc) is 2.35. The maximum Gasteiger partial charge on any atom is 0.239 e. The van der Waals surface area contributed by atoms with Crippen molar-refractivity contribution in [2.75, 3.05) is 32.1 Å². The molecule has 110 valence electrons. The number of thiocarbonyl (C=S) groups is 1. The number of hydrogen-bond acceptors (Lipinski definition) is 5. The van der Waals surface area contributed by atoms with Crippen molar-refractivity contribution in [1.82, 2.24) is 10.3 Å². The van der Waals surface area contributed by atoms with Crippen molar-refractivity contribution in [2.45, 2.75) is 13.8 Å². The smallest absolute Gasteiger partial charge is 0.239 e. The van der Waals surface area contributed by atoms with Crippen LogP contribution in [0.15, 0.2) is 6.07 Å². The van der Waals surface area contributed by atoms with Gasteiger partial charge >= 0.3 is 0 Å². The zero-order chi connectivity index (χ0) is 15.1. The van der Waals surface area contributed by atoms with E-state index in [9.17, 15) is 4.79 Å². The highest BCUT2D eigenvalue weighted by Crippen LogP contribution is 2.18. The number of rotatable bonds is 7. The predicted octanol–water partition coefficient (Wildman–Crippen LogP) is 0.507. The summed E-state index contributed by atoms with van der Waals surface area (Å²) in [6, 6.07) is 1.90. The highest BCUT2D eigenvalue weighted by atomic mass is 32.1. The predicted molar refractivity (Wildman–Crippen MR) is 83.0 cm³/mol. The van der Waals surface area contributed by atoms with Crippen molar-refractivity contribution in [3.63, 3.8) is 0 Å². The molecular weight excluding hydrogens is 276 g/mol. The molecule has 0 aromatic carbocycles. The van der Waals surface area contributed by atoms with E-state index in [1.807, 2.05) is 19.9 Å². The summed E-state index contributed by atoms with van der Waals surface area (Å²) in [7, 11) is 1.58. The van der Waals surface area contributed by atoms with E-state index >= 15 is 0 Å². The van der Waals surface area contributed by atoms with Crippen molar-refractivity contribution >= 4 is 28.9 Å². The fraction of sp³-hybridized carbons (Fsp3) is 0.462. The Balaban J connectivity index is 2.72. The highest BCUT2D eigenvalue weighted by Gasteiger charge is 2.12. The molecule has 0 saturated carbocycles. The standard InChI is InChI=1S/C13H20N4O2S/c1-8-6-9(2)17-13(11(8)12(14)20)16-7-10(18)15-4-5-19-3/h6H,4-5,7H2,1-3H3,(H2,14,20)(H,15,18)(H,16,17). The first-order chi connectivity index (χ1) is 9.45. The van der Waals surface area contributed by atoms with Gasteiger partial charge in [-0.1, -0.05) is 12.2 Å². The number of aromatic nitrogens is 1. The van der Waals surface area contributed by atoms with E-state index in [0.717, 1.165) is 11.3 Å². The number of ether oxygens (including phenoxy) is 1. The Hall–Kier alpha value is -1.73. The van der Waals surface area contributed by atoms with Crippen LogP contribution >= 0.6 is 12.2 Å². The van der Waals surface area contributed by atoms with Gasteiger partial charge in [-0.05, 0) is 25.5 Å². The first kappa shape index (κ1) is 16.3. The first-order valence-electron chi connectivity index (χ1n) is 6.23. The number of nitrogens with one attached hydrogen (secondary N) is 2. The molecule has 1 rings (SSSR count). The number of aryl methyl sites for hydroxylation is 2. The molecule has 7 heteroatoms. The largest absolute Gasteiger partial charge is 0.389 e. The van der Waals surface area contributed by atoms with Crippen molar-refractivity contribution in [3.8, 4) is 0 Å². The maximum atomic E-state index is 11.6. The summed E-state index contributed by atoms with van der Waals surface area (Å²) in [6.07, 6.45) is 0. The number of nitrogens with zero attached hydrogens (tertiary/aromatic N) is 1. The molecule has 1 heterocycles. The molecule has 0 aliphatic rings. The molecule has 0 aliphatic heterocycles. The van der Waals surface area contributed by atoms with Crippen LogP contribution in [0.25, 0.3) is 0 Å². The number of carbonyl (C=O) groups excluding carboxylic acids is 1. The Kier molecular flexibility index (Phi) is 6.33. The van der Waals surface area contributed by atoms with Gasteiger partial charge in [0.05, 0.1) is 18.7 Å². The van der Waals surface area contributed by atoms with Crippen molar-refractivity contribution in [1.29, 1.82) is 0 Å². The molecule has 20 heavy (non-hydrogen) atoms. The number of amides is 1. The molecule has 1 amide bonds. The third-order valence-corrected chi connectivity index (χ3v) is 2.84. The number of carbonyl (C=O) groups is 1. The summed E-state index contributed by atoms with van der Waals surface area (Å²) >= 11 is 5.03. The molecule has 0 fully saturated rings. The number of methoxy groups -OCH3 is 1. The number of nitrogens with two attached hydrogens (primary N) is 1. The average molecular weight is 296 g/mol. The Morgan fingerprint density at radius 1 is 1.50 bits per heavy atom. The van der Waals surface area contributed by atoms with E-state index in [1.165, 1.54) is 0 Å². The minimum atomic E-state index is -0.142. The van der Waals surface area contributed by atoms with E-state index in [1.54, 1.807) is 7.11 Å². The monoisotopic (exact) mass is 296 g/mol. The second-order valence-corrected chi connectivity index (χ2v) is 4.80. The fourth-order valence-corrected chi connectivity index (χ4v) is 2.05. The van der Waals surface area contributed by atoms with E-state index in [-0.39, 0.29) is 17.4 Å². The summed E-state index contributed by atoms with van der Waals surface area (Å²) in [5, 5.41) is 5.68. The molecule has 0 unspecified atom stereocenters. The molecular formula is C13H20N4O2S. The minimum Gasteiger partial charge on any atom is -0.389 e. The molecule has 0 saturated heterocycles. The van der Waals surface area contributed by atoms with Crippen LogP contribution in [0.3, 0.4) is 0 Å². The van der Waals surface area contributed by atoms with Crippen LogP contribution in [0.5, 0.6) is 0 Å². The molecule has 4 N–H and O–H groups in total. The third kappa shape index (κ3) is 4.75. The molecule has 0 spiro atoms. The van der Waals surface area contributed by atoms with Gasteiger partial charge in [0.15, 0.2) is 0 Å². The van der Waals surface area contributed by atoms with Gasteiger partial charge in [0, 0.05) is 19.3 Å². The van der Waals surface area contributed by atoms with Gasteiger partial charge in [0.1, 0.15) is 10.8 Å². The fourth-order valence-electron chi connectivity index (χ4n) is 1.79. The van der Waals surface area contributed by atoms with Crippen LogP contribution in [0, 0.1) is 13.8 Å². The Bertz CT molecular complexity index is 505. The second-order valence-electron chi connectivity index (χ2n) is 4.36. The van der Waals surface area contributed by atoms with Crippen LogP contribution in [-0.2, 0) is 9.53 Å². The summed E-state index contributed by atoms with van der Waals surface area (Å²) in [4.78, 5) is 16.2. The van der Waals surface area contributed by atoms with Crippen LogP contribution in [0.4, 0.5) is 5.82 Å². The lowest BCUT2D eigenvalue weighted by atomic mass is 10.1. The summed E-state index contributed by atoms with van der Waals surface area (Å²) in [5.41, 5.74) is 8.16. The normalized spacial score (nSPS) is 10.2. The molecule has 0 radical (unpaired) electrons. The van der Waals surface area contributed by atoms with Crippen LogP contribution in [0.1, 0.15) is 16.8 Å². The zero-order valence-electron chi connectivity index (χ0n) is 11.9. The van der Waals surface area contributed by atoms with Gasteiger partial charge in [-0.25, -0.2) is 4.98 Å². The molecule has 6 nitrogen and oxygen atoms in total. The Labute approximate surface area is 124 Å². The van der Waals surface area contributed by atoms with Crippen LogP contribution < -0.4 is 16.4 Å². The van der Waals surface area contributed by atoms with E-state index in [2.05, 4.69) is 15.6 Å². The lowest BCUT2D eigenvalue weighted by Crippen LogP contribution is -2.33. The topological polar surface area (TPSA) is 89.3 Å². The van der Waals surface area contributed by atoms with Crippen LogP contribution in [-0.4, -0.2) is 42.7 Å². The van der Waals surface area contributed by atoms with Gasteiger partial charge in [0.2, 0.25) is 5.91 Å². The first-order valence-corrected chi connectivity index (χ1v) is 6.64. The molecule has 0 aliphatic carbocycles. The Morgan fingerprint density at radius 2 is 2.20 bits per heavy atom. The number of hydrogen-bond donors (Lipinski definition) is 3. The molecule has 1 aromatic rings. The van der Waals surface area contributed by atoms with Gasteiger partial charge in [-0.15, -0.1) is 0 Å². The zero-order valence-corrected chi connectivity index (χ0v) is 12.8. The van der Waals surface area contributed by atoms with Gasteiger partial charge in [-0.2, -0.15) is 0 Å². The number of pyridine rings is 1. The van der Waals surface area contributed by atoms with Crippen LogP contribution in [0.2, 0.25) is 0 Å². The second kappa shape index (κ2) is 7.76. The van der Waals surface area contributed by atoms with Crippen molar-refractivity contribution < 1.29 is 9.53 Å². The number of anilines is 1. The lowest BCUT2D eigenvalue weighted by Gasteiger charge is -2.13. The van der Waals surface area contributed by atoms with Crippen molar-refractivity contribution in [3.05, 3.63) is 22.9 Å². The molecule has 0 atom stereocenters. The Morgan fingerprint density at radius 3 is 2.80 bits per heavy atom.